The van der Waals surface area contributed by atoms with Gasteiger partial charge in [0.15, 0.2) is 0 Å². The fraction of sp³-hybridized carbons (Fsp3) is 0.353. The zero-order valence-corrected chi connectivity index (χ0v) is 11.7. The Hall–Kier alpha value is -1.74. The highest BCUT2D eigenvalue weighted by molar-refractivity contribution is 5.19. The number of aliphatic hydroxyl groups excluding tert-OH is 1. The number of aliphatic hydroxyl groups is 1. The lowest BCUT2D eigenvalue weighted by Gasteiger charge is -2.15. The van der Waals surface area contributed by atoms with Crippen molar-refractivity contribution in [3.63, 3.8) is 0 Å². The molecular weight excluding hydrogens is 248 g/mol. The van der Waals surface area contributed by atoms with Crippen molar-refractivity contribution in [3.8, 4) is 0 Å². The Balaban J connectivity index is 1.81. The molecule has 2 heterocycles. The van der Waals surface area contributed by atoms with Gasteiger partial charge in [0, 0.05) is 31.4 Å². The van der Waals surface area contributed by atoms with Crippen LogP contribution in [0.15, 0.2) is 49.1 Å². The summed E-state index contributed by atoms with van der Waals surface area (Å²) < 4.78 is 0. The van der Waals surface area contributed by atoms with E-state index in [4.69, 9.17) is 0 Å². The Morgan fingerprint density at radius 3 is 2.25 bits per heavy atom. The van der Waals surface area contributed by atoms with Crippen LogP contribution in [0.3, 0.4) is 0 Å². The predicted molar refractivity (Wildman–Crippen MR) is 80.0 cm³/mol. The summed E-state index contributed by atoms with van der Waals surface area (Å²) in [6.45, 7) is 0.255. The lowest BCUT2D eigenvalue weighted by atomic mass is 9.91. The topological polar surface area (TPSA) is 46.0 Å². The zero-order chi connectivity index (χ0) is 14.0. The largest absolute Gasteiger partial charge is 0.396 e. The third-order valence-electron chi connectivity index (χ3n) is 3.52. The first-order valence-corrected chi connectivity index (χ1v) is 7.11. The average molecular weight is 269 g/mol. The van der Waals surface area contributed by atoms with Crippen LogP contribution in [-0.4, -0.2) is 21.7 Å². The molecule has 3 heteroatoms. The summed E-state index contributed by atoms with van der Waals surface area (Å²) in [6, 6.07) is 8.14. The molecule has 2 aromatic heterocycles. The second-order valence-electron chi connectivity index (χ2n) is 4.99. The number of aromatic nitrogens is 2. The predicted octanol–water partition coefficient (Wildman–Crippen LogP) is 3.05. The van der Waals surface area contributed by atoms with E-state index in [1.807, 2.05) is 36.9 Å². The molecule has 20 heavy (non-hydrogen) atoms. The summed E-state index contributed by atoms with van der Waals surface area (Å²) in [6.07, 6.45) is 13.5. The molecule has 1 radical (unpaired) electrons. The van der Waals surface area contributed by atoms with Crippen molar-refractivity contribution in [2.45, 2.75) is 25.7 Å². The molecule has 1 unspecified atom stereocenters. The molecule has 0 aliphatic carbocycles. The van der Waals surface area contributed by atoms with Gasteiger partial charge in [-0.05, 0) is 73.4 Å². The quantitative estimate of drug-likeness (QED) is 0.801. The minimum Gasteiger partial charge on any atom is -0.396 e. The van der Waals surface area contributed by atoms with Crippen LogP contribution in [0.25, 0.3) is 0 Å². The Bertz CT molecular complexity index is 429. The number of pyridine rings is 2. The van der Waals surface area contributed by atoms with E-state index in [1.54, 1.807) is 0 Å². The van der Waals surface area contributed by atoms with Crippen LogP contribution in [0.2, 0.25) is 0 Å². The van der Waals surface area contributed by atoms with Gasteiger partial charge in [-0.3, -0.25) is 9.97 Å². The number of aryl methyl sites for hydroxylation is 1. The SMILES string of the molecule is OCCC(C[CH]c1ccncc1)CCc1ccncc1. The van der Waals surface area contributed by atoms with Gasteiger partial charge in [-0.15, -0.1) is 0 Å². The van der Waals surface area contributed by atoms with Crippen LogP contribution >= 0.6 is 0 Å². The van der Waals surface area contributed by atoms with E-state index in [9.17, 15) is 5.11 Å². The van der Waals surface area contributed by atoms with Gasteiger partial charge in [-0.2, -0.15) is 0 Å². The van der Waals surface area contributed by atoms with Gasteiger partial charge < -0.3 is 5.11 Å². The van der Waals surface area contributed by atoms with E-state index in [0.717, 1.165) is 25.7 Å². The van der Waals surface area contributed by atoms with Gasteiger partial charge in [0.1, 0.15) is 0 Å². The van der Waals surface area contributed by atoms with Crippen molar-refractivity contribution in [1.29, 1.82) is 0 Å². The number of nitrogens with zero attached hydrogens (tertiary/aromatic N) is 2. The highest BCUT2D eigenvalue weighted by Gasteiger charge is 2.09. The first kappa shape index (κ1) is 14.7. The van der Waals surface area contributed by atoms with Crippen LogP contribution < -0.4 is 0 Å². The molecule has 0 aliphatic heterocycles. The van der Waals surface area contributed by atoms with Gasteiger partial charge in [0.25, 0.3) is 0 Å². The highest BCUT2D eigenvalue weighted by Crippen LogP contribution is 2.20. The average Bonchev–Trinajstić information content (AvgIpc) is 2.52. The van der Waals surface area contributed by atoms with Crippen LogP contribution in [-0.2, 0) is 6.42 Å². The maximum Gasteiger partial charge on any atom is 0.0433 e. The summed E-state index contributed by atoms with van der Waals surface area (Å²) in [4.78, 5) is 8.05. The summed E-state index contributed by atoms with van der Waals surface area (Å²) >= 11 is 0. The molecule has 105 valence electrons. The molecule has 0 spiro atoms. The number of rotatable bonds is 8. The normalized spacial score (nSPS) is 10.9. The van der Waals surface area contributed by atoms with Crippen molar-refractivity contribution in [2.75, 3.05) is 6.61 Å². The van der Waals surface area contributed by atoms with E-state index in [2.05, 4.69) is 28.5 Å². The molecule has 0 aliphatic rings. The molecule has 0 amide bonds. The molecule has 2 rings (SSSR count). The van der Waals surface area contributed by atoms with Crippen molar-refractivity contribution in [1.82, 2.24) is 9.97 Å². The van der Waals surface area contributed by atoms with Crippen molar-refractivity contribution >= 4 is 0 Å². The molecule has 0 fully saturated rings. The third kappa shape index (κ3) is 5.10. The van der Waals surface area contributed by atoms with Crippen LogP contribution in [0.5, 0.6) is 0 Å². The van der Waals surface area contributed by atoms with Crippen molar-refractivity contribution in [2.24, 2.45) is 5.92 Å². The fourth-order valence-electron chi connectivity index (χ4n) is 2.29. The van der Waals surface area contributed by atoms with Crippen molar-refractivity contribution in [3.05, 3.63) is 66.6 Å². The van der Waals surface area contributed by atoms with E-state index in [1.165, 1.54) is 11.1 Å². The molecule has 1 N–H and O–H groups in total. The summed E-state index contributed by atoms with van der Waals surface area (Å²) in [5.74, 6) is 0.515. The molecular formula is C17H21N2O. The lowest BCUT2D eigenvalue weighted by molar-refractivity contribution is 0.251. The molecule has 0 aromatic carbocycles. The van der Waals surface area contributed by atoms with Crippen LogP contribution in [0.1, 0.15) is 30.4 Å². The van der Waals surface area contributed by atoms with E-state index in [-0.39, 0.29) is 6.61 Å². The van der Waals surface area contributed by atoms with Gasteiger partial charge in [0.2, 0.25) is 0 Å². The van der Waals surface area contributed by atoms with Crippen LogP contribution in [0, 0.1) is 12.3 Å². The molecule has 3 nitrogen and oxygen atoms in total. The second kappa shape index (κ2) is 8.43. The van der Waals surface area contributed by atoms with Crippen LogP contribution in [0.4, 0.5) is 0 Å². The van der Waals surface area contributed by atoms with Gasteiger partial charge in [0.05, 0.1) is 0 Å². The zero-order valence-electron chi connectivity index (χ0n) is 11.7. The van der Waals surface area contributed by atoms with E-state index < -0.39 is 0 Å². The summed E-state index contributed by atoms with van der Waals surface area (Å²) in [5.41, 5.74) is 2.51. The number of hydrogen-bond acceptors (Lipinski definition) is 3. The molecule has 0 saturated carbocycles. The maximum atomic E-state index is 9.20. The van der Waals surface area contributed by atoms with Gasteiger partial charge in [-0.1, -0.05) is 0 Å². The molecule has 1 atom stereocenters. The fourth-order valence-corrected chi connectivity index (χ4v) is 2.29. The Morgan fingerprint density at radius 2 is 1.60 bits per heavy atom. The van der Waals surface area contributed by atoms with Gasteiger partial charge in [-0.25, -0.2) is 0 Å². The molecule has 0 saturated heterocycles. The minimum atomic E-state index is 0.255. The third-order valence-corrected chi connectivity index (χ3v) is 3.52. The first-order chi connectivity index (χ1) is 9.88. The second-order valence-corrected chi connectivity index (χ2v) is 4.99. The van der Waals surface area contributed by atoms with Crippen molar-refractivity contribution < 1.29 is 5.11 Å². The maximum absolute atomic E-state index is 9.20. The van der Waals surface area contributed by atoms with E-state index in [0.29, 0.717) is 5.92 Å². The minimum absolute atomic E-state index is 0.255. The Labute approximate surface area is 120 Å². The molecule has 0 bridgehead atoms. The first-order valence-electron chi connectivity index (χ1n) is 7.11. The Morgan fingerprint density at radius 1 is 0.950 bits per heavy atom. The summed E-state index contributed by atoms with van der Waals surface area (Å²) in [7, 11) is 0. The Kier molecular flexibility index (Phi) is 6.18. The lowest BCUT2D eigenvalue weighted by Crippen LogP contribution is -2.06. The molecule has 2 aromatic rings. The number of hydrogen-bond donors (Lipinski definition) is 1. The van der Waals surface area contributed by atoms with Gasteiger partial charge >= 0.3 is 0 Å². The standard InChI is InChI=1S/C17H21N2O/c20-14-9-15(1-3-16-5-10-18-11-6-16)2-4-17-7-12-19-13-8-17/h3,5-8,10-13,15,20H,1-2,4,9,14H2. The summed E-state index contributed by atoms with van der Waals surface area (Å²) in [5, 5.41) is 9.20. The monoisotopic (exact) mass is 269 g/mol. The highest BCUT2D eigenvalue weighted by atomic mass is 16.3. The van der Waals surface area contributed by atoms with E-state index >= 15 is 0 Å². The smallest absolute Gasteiger partial charge is 0.0433 e.